The van der Waals surface area contributed by atoms with Crippen LogP contribution in [0.25, 0.3) is 0 Å². The topological polar surface area (TPSA) is 88.4 Å². The molecule has 0 aromatic carbocycles. The minimum Gasteiger partial charge on any atom is -0.501 e. The summed E-state index contributed by atoms with van der Waals surface area (Å²) in [6.45, 7) is 5.10. The Balaban J connectivity index is 1.76. The van der Waals surface area contributed by atoms with Crippen molar-refractivity contribution in [1.82, 2.24) is 15.2 Å². The molecule has 3 heterocycles. The van der Waals surface area contributed by atoms with E-state index in [0.29, 0.717) is 42.5 Å². The lowest BCUT2D eigenvalue weighted by Gasteiger charge is -2.36. The fraction of sp³-hybridized carbons (Fsp3) is 0.400. The molecule has 0 saturated carbocycles. The van der Waals surface area contributed by atoms with Crippen LogP contribution in [-0.2, 0) is 9.47 Å². The monoisotopic (exact) mass is 381 g/mol. The number of nitrogens with zero attached hydrogens (tertiary/aromatic N) is 4. The summed E-state index contributed by atoms with van der Waals surface area (Å²) in [5, 5.41) is 2.94. The van der Waals surface area contributed by atoms with Crippen molar-refractivity contribution in [3.05, 3.63) is 52.4 Å². The van der Waals surface area contributed by atoms with Gasteiger partial charge in [0.2, 0.25) is 5.96 Å². The fourth-order valence-corrected chi connectivity index (χ4v) is 3.89. The number of pyridine rings is 1. The van der Waals surface area contributed by atoms with Gasteiger partial charge >= 0.3 is 0 Å². The second-order valence-corrected chi connectivity index (χ2v) is 6.84. The molecule has 8 heteroatoms. The average molecular weight is 381 g/mol. The van der Waals surface area contributed by atoms with Crippen molar-refractivity contribution in [2.45, 2.75) is 20.3 Å². The van der Waals surface area contributed by atoms with Gasteiger partial charge in [0.1, 0.15) is 17.4 Å². The van der Waals surface area contributed by atoms with E-state index >= 15 is 0 Å². The first-order valence-corrected chi connectivity index (χ1v) is 9.21. The van der Waals surface area contributed by atoms with Gasteiger partial charge < -0.3 is 9.47 Å². The fourth-order valence-electron chi connectivity index (χ4n) is 3.89. The zero-order valence-corrected chi connectivity index (χ0v) is 16.4. The highest BCUT2D eigenvalue weighted by atomic mass is 16.5. The van der Waals surface area contributed by atoms with Crippen molar-refractivity contribution in [2.75, 3.05) is 27.3 Å². The van der Waals surface area contributed by atoms with E-state index in [1.165, 1.54) is 0 Å². The Labute approximate surface area is 163 Å². The highest BCUT2D eigenvalue weighted by Crippen LogP contribution is 2.40. The maximum Gasteiger partial charge on any atom is 0.259 e. The van der Waals surface area contributed by atoms with Crippen LogP contribution in [0.15, 0.2) is 51.1 Å². The molecule has 2 aliphatic heterocycles. The first-order chi connectivity index (χ1) is 13.5. The largest absolute Gasteiger partial charge is 0.501 e. The second kappa shape index (κ2) is 7.10. The molecule has 1 aliphatic carbocycles. The molecule has 1 amide bonds. The SMILES string of the molecule is COC1=C(C)C(OC)=C2N=C(NC(=O)c3cccnc3C)N3CCN=C3C2C1. The Kier molecular flexibility index (Phi) is 4.62. The van der Waals surface area contributed by atoms with Gasteiger partial charge in [-0.2, -0.15) is 0 Å². The standard InChI is InChI=1S/C20H23N5O3/c1-11-15(27-3)10-14-16(17(11)28-4)23-20(25-9-8-22-18(14)25)24-19(26)13-6-5-7-21-12(13)2/h5-7,14H,8-10H2,1-4H3,(H,23,24,26). The van der Waals surface area contributed by atoms with Gasteiger partial charge in [0.25, 0.3) is 5.91 Å². The third kappa shape index (κ3) is 2.85. The molecular weight excluding hydrogens is 358 g/mol. The molecule has 0 saturated heterocycles. The lowest BCUT2D eigenvalue weighted by Crippen LogP contribution is -2.51. The zero-order valence-electron chi connectivity index (χ0n) is 16.4. The summed E-state index contributed by atoms with van der Waals surface area (Å²) >= 11 is 0. The average Bonchev–Trinajstić information content (AvgIpc) is 3.18. The van der Waals surface area contributed by atoms with Crippen molar-refractivity contribution in [2.24, 2.45) is 15.9 Å². The Morgan fingerprint density at radius 3 is 2.82 bits per heavy atom. The van der Waals surface area contributed by atoms with Crippen LogP contribution in [0.1, 0.15) is 29.4 Å². The lowest BCUT2D eigenvalue weighted by atomic mass is 9.88. The van der Waals surface area contributed by atoms with Crippen molar-refractivity contribution in [3.63, 3.8) is 0 Å². The number of methoxy groups -OCH3 is 2. The normalized spacial score (nSPS) is 21.0. The molecule has 1 aromatic heterocycles. The number of fused-ring (bicyclic) bond motifs is 3. The highest BCUT2D eigenvalue weighted by molar-refractivity contribution is 6.13. The Hall–Kier alpha value is -3.16. The molecule has 1 N–H and O–H groups in total. The maximum atomic E-state index is 12.8. The zero-order chi connectivity index (χ0) is 19.8. The summed E-state index contributed by atoms with van der Waals surface area (Å²) in [7, 11) is 3.29. The van der Waals surface area contributed by atoms with Gasteiger partial charge in [-0.05, 0) is 26.0 Å². The van der Waals surface area contributed by atoms with E-state index in [9.17, 15) is 4.79 Å². The molecular formula is C20H23N5O3. The van der Waals surface area contributed by atoms with Crippen molar-refractivity contribution in [3.8, 4) is 0 Å². The van der Waals surface area contributed by atoms with Gasteiger partial charge in [-0.1, -0.05) is 0 Å². The molecule has 1 atom stereocenters. The number of guanidine groups is 1. The van der Waals surface area contributed by atoms with E-state index in [0.717, 1.165) is 22.9 Å². The third-order valence-corrected chi connectivity index (χ3v) is 5.31. The number of ether oxygens (including phenoxy) is 2. The van der Waals surface area contributed by atoms with Crippen LogP contribution in [0.4, 0.5) is 0 Å². The Bertz CT molecular complexity index is 960. The number of rotatable bonds is 3. The molecule has 0 fully saturated rings. The first-order valence-electron chi connectivity index (χ1n) is 9.21. The number of carbonyl (C=O) groups excluding carboxylic acids is 1. The van der Waals surface area contributed by atoms with E-state index in [2.05, 4.69) is 15.3 Å². The molecule has 0 radical (unpaired) electrons. The van der Waals surface area contributed by atoms with E-state index in [4.69, 9.17) is 14.5 Å². The van der Waals surface area contributed by atoms with E-state index in [-0.39, 0.29) is 11.8 Å². The summed E-state index contributed by atoms with van der Waals surface area (Å²) in [6, 6.07) is 3.50. The molecule has 0 spiro atoms. The van der Waals surface area contributed by atoms with Gasteiger partial charge in [-0.3, -0.25) is 25.0 Å². The summed E-state index contributed by atoms with van der Waals surface area (Å²) < 4.78 is 11.2. The molecule has 1 aromatic rings. The van der Waals surface area contributed by atoms with Crippen molar-refractivity contribution < 1.29 is 14.3 Å². The summed E-state index contributed by atoms with van der Waals surface area (Å²) in [5.41, 5.74) is 2.88. The molecule has 0 bridgehead atoms. The quantitative estimate of drug-likeness (QED) is 0.865. The summed E-state index contributed by atoms with van der Waals surface area (Å²) in [5.74, 6) is 2.62. The van der Waals surface area contributed by atoms with Crippen LogP contribution in [0, 0.1) is 12.8 Å². The van der Waals surface area contributed by atoms with Crippen molar-refractivity contribution in [1.29, 1.82) is 0 Å². The van der Waals surface area contributed by atoms with Crippen molar-refractivity contribution >= 4 is 17.7 Å². The van der Waals surface area contributed by atoms with Crippen LogP contribution in [0.3, 0.4) is 0 Å². The predicted octanol–water partition coefficient (Wildman–Crippen LogP) is 2.00. The molecule has 146 valence electrons. The third-order valence-electron chi connectivity index (χ3n) is 5.31. The lowest BCUT2D eigenvalue weighted by molar-refractivity contribution is 0.0972. The number of carbonyl (C=O) groups is 1. The number of amides is 1. The van der Waals surface area contributed by atoms with Crippen LogP contribution in [0.2, 0.25) is 0 Å². The number of hydrogen-bond donors (Lipinski definition) is 1. The first kappa shape index (κ1) is 18.2. The van der Waals surface area contributed by atoms with E-state index < -0.39 is 0 Å². The van der Waals surface area contributed by atoms with Crippen LogP contribution in [-0.4, -0.2) is 54.9 Å². The van der Waals surface area contributed by atoms with Gasteiger partial charge in [0.05, 0.1) is 37.9 Å². The highest BCUT2D eigenvalue weighted by Gasteiger charge is 2.41. The molecule has 4 rings (SSSR count). The summed E-state index contributed by atoms with van der Waals surface area (Å²) in [4.78, 5) is 28.5. The van der Waals surface area contributed by atoms with Gasteiger partial charge in [0.15, 0.2) is 0 Å². The van der Waals surface area contributed by atoms with E-state index in [1.54, 1.807) is 32.5 Å². The minimum atomic E-state index is -0.241. The van der Waals surface area contributed by atoms with E-state index in [1.807, 2.05) is 18.7 Å². The van der Waals surface area contributed by atoms with Crippen LogP contribution < -0.4 is 5.32 Å². The summed E-state index contributed by atoms with van der Waals surface area (Å²) in [6.07, 6.45) is 2.34. The maximum absolute atomic E-state index is 12.8. The smallest absolute Gasteiger partial charge is 0.259 e. The van der Waals surface area contributed by atoms with Gasteiger partial charge in [-0.15, -0.1) is 0 Å². The predicted molar refractivity (Wildman–Crippen MR) is 105 cm³/mol. The van der Waals surface area contributed by atoms with Gasteiger partial charge in [-0.25, -0.2) is 4.99 Å². The number of aryl methyl sites for hydroxylation is 1. The number of hydrogen-bond acceptors (Lipinski definition) is 7. The Morgan fingerprint density at radius 2 is 2.11 bits per heavy atom. The molecule has 3 aliphatic rings. The van der Waals surface area contributed by atoms with Crippen LogP contribution >= 0.6 is 0 Å². The van der Waals surface area contributed by atoms with Gasteiger partial charge in [0, 0.05) is 30.4 Å². The Morgan fingerprint density at radius 1 is 1.29 bits per heavy atom. The number of aliphatic imine (C=N–C) groups is 2. The second-order valence-electron chi connectivity index (χ2n) is 6.84. The van der Waals surface area contributed by atoms with Crippen LogP contribution in [0.5, 0.6) is 0 Å². The number of amidine groups is 1. The molecule has 1 unspecified atom stereocenters. The number of nitrogens with one attached hydrogen (secondary N) is 1. The molecule has 28 heavy (non-hydrogen) atoms. The minimum absolute atomic E-state index is 0.0446. The number of aromatic nitrogens is 1. The molecule has 8 nitrogen and oxygen atoms in total. The number of allylic oxidation sites excluding steroid dienone is 2.